The van der Waals surface area contributed by atoms with Crippen LogP contribution in [0, 0.1) is 6.08 Å². The summed E-state index contributed by atoms with van der Waals surface area (Å²) in [6, 6.07) is 22.0. The van der Waals surface area contributed by atoms with E-state index in [1.807, 2.05) is 0 Å². The van der Waals surface area contributed by atoms with Gasteiger partial charge in [-0.05, 0) is 0 Å². The Hall–Kier alpha value is -0.279. The third kappa shape index (κ3) is 6.43. The summed E-state index contributed by atoms with van der Waals surface area (Å²) >= 11 is 0. The molecule has 0 spiro atoms. The molecule has 0 heterocycles. The Morgan fingerprint density at radius 3 is 1.64 bits per heavy atom. The third-order valence-corrected chi connectivity index (χ3v) is 7.40. The summed E-state index contributed by atoms with van der Waals surface area (Å²) in [5, 5.41) is 4.54. The molecule has 0 radical (unpaired) electrons. The maximum atomic E-state index is 3.75. The second kappa shape index (κ2) is 13.0. The summed E-state index contributed by atoms with van der Waals surface area (Å²) < 4.78 is 0. The fraction of sp³-hybridized carbons (Fsp3) is 0.200. The van der Waals surface area contributed by atoms with Gasteiger partial charge in [0.05, 0.1) is 0 Å². The van der Waals surface area contributed by atoms with Gasteiger partial charge in [-0.15, -0.1) is 6.92 Å². The molecule has 25 heavy (non-hydrogen) atoms. The van der Waals surface area contributed by atoms with Crippen molar-refractivity contribution in [1.82, 2.24) is 0 Å². The van der Waals surface area contributed by atoms with E-state index < -0.39 is 8.80 Å². The minimum absolute atomic E-state index is 0. The Morgan fingerprint density at radius 1 is 0.840 bits per heavy atom. The van der Waals surface area contributed by atoms with Gasteiger partial charge in [0.15, 0.2) is 0 Å². The van der Waals surface area contributed by atoms with Crippen LogP contribution in [0.15, 0.2) is 77.0 Å². The monoisotopic (exact) mass is 442 g/mol. The van der Waals surface area contributed by atoms with Gasteiger partial charge in [-0.1, -0.05) is 90.8 Å². The number of halogens is 3. The molecule has 0 N–H and O–H groups in total. The fourth-order valence-electron chi connectivity index (χ4n) is 3.19. The largest absolute Gasteiger partial charge is 4.00 e. The Morgan fingerprint density at radius 2 is 1.28 bits per heavy atom. The minimum atomic E-state index is -1.33. The van der Waals surface area contributed by atoms with E-state index in [1.54, 1.807) is 5.20 Å². The summed E-state index contributed by atoms with van der Waals surface area (Å²) in [4.78, 5) is 0. The summed E-state index contributed by atoms with van der Waals surface area (Å²) in [5.41, 5.74) is 2.94. The second-order valence-corrected chi connectivity index (χ2v) is 8.59. The molecule has 0 atom stereocenters. The van der Waals surface area contributed by atoms with Crippen LogP contribution in [0.4, 0.5) is 0 Å². The van der Waals surface area contributed by atoms with Gasteiger partial charge >= 0.3 is 21.7 Å². The van der Waals surface area contributed by atoms with Crippen LogP contribution in [0.1, 0.15) is 26.7 Å². The number of hydrogen-bond donors (Lipinski definition) is 0. The van der Waals surface area contributed by atoms with Gasteiger partial charge in [0.2, 0.25) is 0 Å². The van der Waals surface area contributed by atoms with Crippen molar-refractivity contribution < 1.29 is 58.9 Å². The van der Waals surface area contributed by atoms with E-state index in [-0.39, 0.29) is 58.9 Å². The quantitative estimate of drug-likeness (QED) is 0.327. The molecule has 5 heteroatoms. The van der Waals surface area contributed by atoms with Crippen molar-refractivity contribution in [3.63, 3.8) is 0 Å². The molecule has 0 saturated heterocycles. The van der Waals surface area contributed by atoms with E-state index >= 15 is 0 Å². The SMILES string of the molecule is CCC1=C(C)CC([SiH](c2ccccc2)c2ccccc2)=[C-]1.[Cl-].[Cl-].[Cl-].[Ti+4]. The molecule has 1 aliphatic rings. The van der Waals surface area contributed by atoms with Gasteiger partial charge in [-0.2, -0.15) is 5.20 Å². The second-order valence-electron chi connectivity index (χ2n) is 5.69. The molecule has 1 aliphatic carbocycles. The Bertz CT molecular complexity index is 645. The van der Waals surface area contributed by atoms with E-state index in [0.717, 1.165) is 12.8 Å². The molecule has 0 saturated carbocycles. The van der Waals surface area contributed by atoms with E-state index in [1.165, 1.54) is 21.5 Å². The molecule has 0 amide bonds. The summed E-state index contributed by atoms with van der Waals surface area (Å²) in [6.45, 7) is 4.50. The van der Waals surface area contributed by atoms with Crippen LogP contribution in [0.5, 0.6) is 0 Å². The van der Waals surface area contributed by atoms with E-state index in [4.69, 9.17) is 0 Å². The molecule has 0 nitrogen and oxygen atoms in total. The average molecular weight is 444 g/mol. The normalized spacial score (nSPS) is 12.4. The molecule has 0 aliphatic heterocycles. The van der Waals surface area contributed by atoms with Gasteiger partial charge in [-0.25, -0.2) is 11.1 Å². The van der Waals surface area contributed by atoms with Crippen molar-refractivity contribution in [3.8, 4) is 0 Å². The van der Waals surface area contributed by atoms with Crippen molar-refractivity contribution >= 4 is 19.2 Å². The molecular weight excluding hydrogens is 423 g/mol. The zero-order chi connectivity index (χ0) is 14.7. The van der Waals surface area contributed by atoms with Crippen molar-refractivity contribution in [2.75, 3.05) is 0 Å². The third-order valence-electron chi connectivity index (χ3n) is 4.25. The number of rotatable bonds is 4. The van der Waals surface area contributed by atoms with Crippen LogP contribution in [0.25, 0.3) is 0 Å². The van der Waals surface area contributed by atoms with Crippen LogP contribution < -0.4 is 47.6 Å². The first-order chi connectivity index (χ1) is 10.3. The minimum Gasteiger partial charge on any atom is -1.00 e. The fourth-order valence-corrected chi connectivity index (χ4v) is 6.42. The summed E-state index contributed by atoms with van der Waals surface area (Å²) in [6.07, 6.45) is 5.96. The number of benzene rings is 2. The van der Waals surface area contributed by atoms with Gasteiger partial charge in [0.1, 0.15) is 8.80 Å². The summed E-state index contributed by atoms with van der Waals surface area (Å²) in [5.74, 6) is 0. The molecule has 3 rings (SSSR count). The molecule has 0 fully saturated rings. The standard InChI is InChI=1S/C20H21Si.3ClH.Ti/c1-3-17-15-20(14-16(17)2)21(18-10-6-4-7-11-18)19-12-8-5-9-13-19;;;;/h4-13,21H,3,14H2,1-2H3;3*1H;/q-1;;;;+4/p-3. The van der Waals surface area contributed by atoms with Crippen molar-refractivity contribution in [3.05, 3.63) is 83.1 Å². The van der Waals surface area contributed by atoms with Crippen LogP contribution in [0.3, 0.4) is 0 Å². The Kier molecular flexibility index (Phi) is 14.0. The van der Waals surface area contributed by atoms with E-state index in [0.29, 0.717) is 0 Å². The van der Waals surface area contributed by atoms with Crippen LogP contribution in [-0.2, 0) is 21.7 Å². The zero-order valence-corrected chi connectivity index (χ0v) is 19.4. The first kappa shape index (κ1) is 26.9. The molecule has 2 aromatic carbocycles. The van der Waals surface area contributed by atoms with Gasteiger partial charge < -0.3 is 37.2 Å². The van der Waals surface area contributed by atoms with E-state index in [9.17, 15) is 0 Å². The zero-order valence-electron chi connectivity index (χ0n) is 14.4. The summed E-state index contributed by atoms with van der Waals surface area (Å²) in [7, 11) is -1.33. The molecule has 2 aromatic rings. The maximum Gasteiger partial charge on any atom is 4.00 e. The van der Waals surface area contributed by atoms with Crippen molar-refractivity contribution in [2.24, 2.45) is 0 Å². The average Bonchev–Trinajstić information content (AvgIpc) is 2.90. The predicted octanol–water partition coefficient (Wildman–Crippen LogP) is -5.56. The first-order valence-corrected chi connectivity index (χ1v) is 9.44. The van der Waals surface area contributed by atoms with Crippen molar-refractivity contribution in [1.29, 1.82) is 0 Å². The van der Waals surface area contributed by atoms with Crippen LogP contribution in [0.2, 0.25) is 0 Å². The van der Waals surface area contributed by atoms with Gasteiger partial charge in [-0.3, -0.25) is 6.08 Å². The number of hydrogen-bond acceptors (Lipinski definition) is 0. The van der Waals surface area contributed by atoms with Crippen molar-refractivity contribution in [2.45, 2.75) is 26.7 Å². The Labute approximate surface area is 186 Å². The molecular formula is C20H21Cl3SiTi. The van der Waals surface area contributed by atoms with Crippen LogP contribution in [-0.4, -0.2) is 8.80 Å². The maximum absolute atomic E-state index is 3.75. The van der Waals surface area contributed by atoms with Gasteiger partial charge in [0, 0.05) is 0 Å². The topological polar surface area (TPSA) is 0 Å². The van der Waals surface area contributed by atoms with E-state index in [2.05, 4.69) is 80.6 Å². The van der Waals surface area contributed by atoms with Crippen LogP contribution >= 0.6 is 0 Å². The Balaban J connectivity index is 0. The number of allylic oxidation sites excluding steroid dienone is 4. The molecule has 130 valence electrons. The molecule has 0 aromatic heterocycles. The molecule has 0 unspecified atom stereocenters. The van der Waals surface area contributed by atoms with Gasteiger partial charge in [0.25, 0.3) is 0 Å². The predicted molar refractivity (Wildman–Crippen MR) is 93.7 cm³/mol. The smallest absolute Gasteiger partial charge is 1.00 e. The molecule has 0 bridgehead atoms. The first-order valence-electron chi connectivity index (χ1n) is 7.71.